The van der Waals surface area contributed by atoms with Crippen LogP contribution < -0.4 is 14.4 Å². The predicted octanol–water partition coefficient (Wildman–Crippen LogP) is 4.55. The first-order valence-corrected chi connectivity index (χ1v) is 15.4. The molecular weight excluding hydrogens is 545 g/mol. The maximum Gasteiger partial charge on any atom is 0.243 e. The van der Waals surface area contributed by atoms with Crippen molar-refractivity contribution in [2.45, 2.75) is 45.2 Å². The Balaban J connectivity index is 1.88. The van der Waals surface area contributed by atoms with Gasteiger partial charge < -0.3 is 15.0 Å². The van der Waals surface area contributed by atoms with Crippen LogP contribution in [0.2, 0.25) is 0 Å². The van der Waals surface area contributed by atoms with E-state index in [0.29, 0.717) is 30.0 Å². The molecule has 0 heterocycles. The molecule has 0 aliphatic carbocycles. The molecule has 0 saturated carbocycles. The van der Waals surface area contributed by atoms with Crippen molar-refractivity contribution in [1.29, 1.82) is 0 Å². The highest BCUT2D eigenvalue weighted by Gasteiger charge is 2.30. The second-order valence-electron chi connectivity index (χ2n) is 9.76. The van der Waals surface area contributed by atoms with Crippen LogP contribution in [0.25, 0.3) is 0 Å². The fourth-order valence-electron chi connectivity index (χ4n) is 4.52. The Kier molecular flexibility index (Phi) is 11.7. The van der Waals surface area contributed by atoms with Crippen molar-refractivity contribution in [3.8, 4) is 5.75 Å². The van der Waals surface area contributed by atoms with E-state index in [-0.39, 0.29) is 37.7 Å². The Bertz CT molecular complexity index is 1380. The van der Waals surface area contributed by atoms with Gasteiger partial charge in [0, 0.05) is 32.5 Å². The molecule has 3 aromatic carbocycles. The van der Waals surface area contributed by atoms with Crippen molar-refractivity contribution in [1.82, 2.24) is 10.2 Å². The molecule has 1 N–H and O–H groups in total. The summed E-state index contributed by atoms with van der Waals surface area (Å²) in [6.45, 7) is 2.55. The highest BCUT2D eigenvalue weighted by Crippen LogP contribution is 2.30. The van der Waals surface area contributed by atoms with Crippen LogP contribution in [0.5, 0.6) is 5.75 Å². The topological polar surface area (TPSA) is 96.0 Å². The summed E-state index contributed by atoms with van der Waals surface area (Å²) in [7, 11) is -2.21. The van der Waals surface area contributed by atoms with Gasteiger partial charge in [-0.2, -0.15) is 0 Å². The Morgan fingerprint density at radius 2 is 1.61 bits per heavy atom. The van der Waals surface area contributed by atoms with Crippen LogP contribution in [0.1, 0.15) is 37.3 Å². The van der Waals surface area contributed by atoms with Crippen molar-refractivity contribution in [3.63, 3.8) is 0 Å². The number of halogens is 1. The number of nitrogens with zero attached hydrogens (tertiary/aromatic N) is 2. The van der Waals surface area contributed by atoms with Gasteiger partial charge >= 0.3 is 0 Å². The van der Waals surface area contributed by atoms with Crippen molar-refractivity contribution >= 4 is 27.5 Å². The van der Waals surface area contributed by atoms with E-state index in [4.69, 9.17) is 4.74 Å². The molecule has 10 heteroatoms. The van der Waals surface area contributed by atoms with Gasteiger partial charge in [0.1, 0.15) is 17.6 Å². The zero-order valence-corrected chi connectivity index (χ0v) is 24.6. The predicted molar refractivity (Wildman–Crippen MR) is 159 cm³/mol. The zero-order chi connectivity index (χ0) is 29.8. The number of anilines is 1. The molecule has 220 valence electrons. The molecule has 0 saturated heterocycles. The average Bonchev–Trinajstić information content (AvgIpc) is 2.96. The number of methoxy groups -OCH3 is 1. The summed E-state index contributed by atoms with van der Waals surface area (Å²) in [6, 6.07) is 21.2. The summed E-state index contributed by atoms with van der Waals surface area (Å²) in [5.41, 5.74) is 1.95. The van der Waals surface area contributed by atoms with E-state index in [1.165, 1.54) is 28.4 Å². The molecule has 0 aliphatic rings. The number of hydrogen-bond acceptors (Lipinski definition) is 5. The highest BCUT2D eigenvalue weighted by molar-refractivity contribution is 7.92. The van der Waals surface area contributed by atoms with Crippen molar-refractivity contribution < 1.29 is 27.1 Å². The number of rotatable bonds is 15. The van der Waals surface area contributed by atoms with Crippen molar-refractivity contribution in [2.75, 3.05) is 30.8 Å². The van der Waals surface area contributed by atoms with E-state index in [1.807, 2.05) is 37.3 Å². The van der Waals surface area contributed by atoms with E-state index in [1.54, 1.807) is 36.4 Å². The van der Waals surface area contributed by atoms with Gasteiger partial charge in [0.15, 0.2) is 0 Å². The molecule has 0 unspecified atom stereocenters. The first kappa shape index (κ1) is 31.6. The molecule has 0 fully saturated rings. The molecule has 0 aromatic heterocycles. The maximum absolute atomic E-state index is 13.8. The van der Waals surface area contributed by atoms with Crippen molar-refractivity contribution in [3.05, 3.63) is 95.8 Å². The van der Waals surface area contributed by atoms with Gasteiger partial charge in [-0.1, -0.05) is 61.5 Å². The van der Waals surface area contributed by atoms with Gasteiger partial charge in [0.2, 0.25) is 21.8 Å². The van der Waals surface area contributed by atoms with E-state index in [2.05, 4.69) is 5.32 Å². The second-order valence-corrected chi connectivity index (χ2v) is 11.7. The normalized spacial score (nSPS) is 11.9. The number of amides is 2. The van der Waals surface area contributed by atoms with Crippen LogP contribution in [0.4, 0.5) is 10.1 Å². The molecule has 0 aliphatic heterocycles. The Morgan fingerprint density at radius 3 is 2.24 bits per heavy atom. The van der Waals surface area contributed by atoms with E-state index in [0.717, 1.165) is 18.2 Å². The number of para-hydroxylation sites is 2. The summed E-state index contributed by atoms with van der Waals surface area (Å²) in [6.07, 6.45) is 2.34. The van der Waals surface area contributed by atoms with Gasteiger partial charge in [-0.3, -0.25) is 13.9 Å². The molecule has 3 rings (SSSR count). The minimum atomic E-state index is -3.67. The molecular formula is C31H38FN3O5S. The second kappa shape index (κ2) is 15.2. The smallest absolute Gasteiger partial charge is 0.243 e. The van der Waals surface area contributed by atoms with E-state index < -0.39 is 21.9 Å². The van der Waals surface area contributed by atoms with Gasteiger partial charge in [-0.05, 0) is 48.2 Å². The molecule has 0 radical (unpaired) electrons. The largest absolute Gasteiger partial charge is 0.495 e. The number of carbonyl (C=O) groups excluding carboxylic acids is 2. The average molecular weight is 584 g/mol. The first-order valence-electron chi connectivity index (χ1n) is 13.6. The van der Waals surface area contributed by atoms with E-state index in [9.17, 15) is 22.4 Å². The Hall–Kier alpha value is -3.92. The van der Waals surface area contributed by atoms with Crippen LogP contribution in [0.3, 0.4) is 0 Å². The number of hydrogen-bond donors (Lipinski definition) is 1. The summed E-state index contributed by atoms with van der Waals surface area (Å²) < 4.78 is 45.5. The van der Waals surface area contributed by atoms with Gasteiger partial charge in [0.25, 0.3) is 0 Å². The third-order valence-electron chi connectivity index (χ3n) is 6.59. The summed E-state index contributed by atoms with van der Waals surface area (Å²) >= 11 is 0. The quantitative estimate of drug-likeness (QED) is 0.283. The molecule has 1 atom stereocenters. The van der Waals surface area contributed by atoms with Crippen LogP contribution in [-0.2, 0) is 32.6 Å². The zero-order valence-electron chi connectivity index (χ0n) is 23.8. The van der Waals surface area contributed by atoms with Crippen LogP contribution in [-0.4, -0.2) is 57.6 Å². The van der Waals surface area contributed by atoms with Gasteiger partial charge in [0.05, 0.1) is 19.1 Å². The molecule has 3 aromatic rings. The standard InChI is InChI=1S/C31H38FN3O5S/c1-4-20-33-31(37)28(22-24-11-6-5-7-12-24)34(23-25-16-18-26(32)19-17-25)30(36)15-10-21-35(41(3,38)39)27-13-8-9-14-29(27)40-2/h5-9,11-14,16-19,28H,4,10,15,20-23H2,1-3H3,(H,33,37)/t28-/m1/s1. The number of nitrogens with one attached hydrogen (secondary N) is 1. The lowest BCUT2D eigenvalue weighted by Crippen LogP contribution is -2.50. The summed E-state index contributed by atoms with van der Waals surface area (Å²) in [5, 5.41) is 2.92. The Morgan fingerprint density at radius 1 is 0.951 bits per heavy atom. The third kappa shape index (κ3) is 9.31. The Labute approximate surface area is 242 Å². The van der Waals surface area contributed by atoms with Crippen LogP contribution in [0, 0.1) is 5.82 Å². The monoisotopic (exact) mass is 583 g/mol. The lowest BCUT2D eigenvalue weighted by molar-refractivity contribution is -0.141. The maximum atomic E-state index is 13.8. The van der Waals surface area contributed by atoms with Crippen LogP contribution in [0.15, 0.2) is 78.9 Å². The lowest BCUT2D eigenvalue weighted by Gasteiger charge is -2.32. The molecule has 0 bridgehead atoms. The number of carbonyl (C=O) groups is 2. The SMILES string of the molecule is CCCNC(=O)[C@@H](Cc1ccccc1)N(Cc1ccc(F)cc1)C(=O)CCCN(c1ccccc1OC)S(C)(=O)=O. The molecule has 2 amide bonds. The minimum Gasteiger partial charge on any atom is -0.495 e. The first-order chi connectivity index (χ1) is 19.6. The highest BCUT2D eigenvalue weighted by atomic mass is 32.2. The fraction of sp³-hybridized carbons (Fsp3) is 0.355. The summed E-state index contributed by atoms with van der Waals surface area (Å²) in [5.74, 6) is -0.587. The van der Waals surface area contributed by atoms with E-state index >= 15 is 0 Å². The fourth-order valence-corrected chi connectivity index (χ4v) is 5.49. The number of sulfonamides is 1. The van der Waals surface area contributed by atoms with Gasteiger partial charge in [-0.25, -0.2) is 12.8 Å². The molecule has 41 heavy (non-hydrogen) atoms. The van der Waals surface area contributed by atoms with Crippen LogP contribution >= 0.6 is 0 Å². The molecule has 8 nitrogen and oxygen atoms in total. The van der Waals surface area contributed by atoms with Crippen molar-refractivity contribution in [2.24, 2.45) is 0 Å². The lowest BCUT2D eigenvalue weighted by atomic mass is 10.0. The van der Waals surface area contributed by atoms with Gasteiger partial charge in [-0.15, -0.1) is 0 Å². The third-order valence-corrected chi connectivity index (χ3v) is 7.77. The molecule has 0 spiro atoms. The number of ether oxygens (including phenoxy) is 1. The summed E-state index contributed by atoms with van der Waals surface area (Å²) in [4.78, 5) is 28.7. The minimum absolute atomic E-state index is 0.00525. The number of benzene rings is 3.